The number of fused-ring (bicyclic) bond motifs is 5. The van der Waals surface area contributed by atoms with E-state index >= 15 is 0 Å². The maximum Gasteiger partial charge on any atom is 0.314 e. The maximum absolute atomic E-state index is 13.1. The molecule has 4 rings (SSSR count). The van der Waals surface area contributed by atoms with Crippen LogP contribution in [0.5, 0.6) is 0 Å². The van der Waals surface area contributed by atoms with E-state index in [4.69, 9.17) is 9.47 Å². The number of ether oxygens (including phenoxy) is 2. The van der Waals surface area contributed by atoms with E-state index in [9.17, 15) is 4.79 Å². The van der Waals surface area contributed by atoms with Crippen LogP contribution in [0.25, 0.3) is 0 Å². The van der Waals surface area contributed by atoms with E-state index < -0.39 is 0 Å². The molecule has 0 spiro atoms. The molecule has 3 nitrogen and oxygen atoms in total. The van der Waals surface area contributed by atoms with Crippen LogP contribution in [0.15, 0.2) is 0 Å². The average Bonchev–Trinajstić information content (AvgIpc) is 3.20. The summed E-state index contributed by atoms with van der Waals surface area (Å²) in [5.41, 5.74) is -0.261. The second-order valence-corrected chi connectivity index (χ2v) is 9.34. The van der Waals surface area contributed by atoms with E-state index in [0.717, 1.165) is 61.9 Å². The summed E-state index contributed by atoms with van der Waals surface area (Å²) in [6, 6.07) is 0. The smallest absolute Gasteiger partial charge is 0.314 e. The highest BCUT2D eigenvalue weighted by Gasteiger charge is 2.65. The topological polar surface area (TPSA) is 35.5 Å². The summed E-state index contributed by atoms with van der Waals surface area (Å²) in [4.78, 5) is 13.1. The van der Waals surface area contributed by atoms with Crippen molar-refractivity contribution in [1.82, 2.24) is 0 Å². The monoisotopic (exact) mass is 334 g/mol. The number of carbonyl (C=O) groups is 1. The predicted molar refractivity (Wildman–Crippen MR) is 93.2 cm³/mol. The van der Waals surface area contributed by atoms with Crippen LogP contribution in [-0.2, 0) is 14.3 Å². The van der Waals surface area contributed by atoms with Gasteiger partial charge in [-0.25, -0.2) is 0 Å². The molecule has 3 saturated carbocycles. The lowest BCUT2D eigenvalue weighted by Crippen LogP contribution is -2.44. The largest absolute Gasteiger partial charge is 0.435 e. The molecule has 3 aliphatic carbocycles. The van der Waals surface area contributed by atoms with Crippen LogP contribution < -0.4 is 0 Å². The normalized spacial score (nSPS) is 50.0. The Morgan fingerprint density at radius 1 is 1.25 bits per heavy atom. The van der Waals surface area contributed by atoms with Crippen LogP contribution in [0, 0.1) is 40.9 Å². The molecule has 0 aromatic heterocycles. The molecular formula is C21H34O3. The molecule has 4 aliphatic rings. The first kappa shape index (κ1) is 16.9. The van der Waals surface area contributed by atoms with Gasteiger partial charge in [0.25, 0.3) is 0 Å². The summed E-state index contributed by atoms with van der Waals surface area (Å²) in [5, 5.41) is 0. The summed E-state index contributed by atoms with van der Waals surface area (Å²) < 4.78 is 11.5. The van der Waals surface area contributed by atoms with Gasteiger partial charge in [-0.1, -0.05) is 26.7 Å². The van der Waals surface area contributed by atoms with Crippen molar-refractivity contribution in [2.75, 3.05) is 6.61 Å². The second kappa shape index (κ2) is 6.30. The van der Waals surface area contributed by atoms with Crippen molar-refractivity contribution in [3.8, 4) is 0 Å². The molecule has 0 N–H and O–H groups in total. The fourth-order valence-corrected chi connectivity index (χ4v) is 7.08. The van der Waals surface area contributed by atoms with Crippen molar-refractivity contribution in [3.05, 3.63) is 0 Å². The van der Waals surface area contributed by atoms with Gasteiger partial charge in [-0.15, -0.1) is 0 Å². The van der Waals surface area contributed by atoms with Gasteiger partial charge in [-0.3, -0.25) is 4.79 Å². The van der Waals surface area contributed by atoms with Gasteiger partial charge in [0, 0.05) is 6.42 Å². The van der Waals surface area contributed by atoms with Gasteiger partial charge in [0.05, 0.1) is 12.0 Å². The highest BCUT2D eigenvalue weighted by molar-refractivity contribution is 5.78. The lowest BCUT2D eigenvalue weighted by atomic mass is 9.63. The average molecular weight is 335 g/mol. The van der Waals surface area contributed by atoms with Gasteiger partial charge >= 0.3 is 5.97 Å². The molecule has 0 radical (unpaired) electrons. The Bertz CT molecular complexity index is 483. The van der Waals surface area contributed by atoms with Gasteiger partial charge in [0.15, 0.2) is 0 Å². The van der Waals surface area contributed by atoms with Crippen molar-refractivity contribution < 1.29 is 14.3 Å². The first-order chi connectivity index (χ1) is 11.5. The van der Waals surface area contributed by atoms with E-state index in [1.165, 1.54) is 25.7 Å². The van der Waals surface area contributed by atoms with Crippen LogP contribution in [0.1, 0.15) is 72.1 Å². The zero-order valence-corrected chi connectivity index (χ0v) is 15.6. The molecule has 136 valence electrons. The summed E-state index contributed by atoms with van der Waals surface area (Å²) in [5.74, 6) is 4.66. The molecular weight excluding hydrogens is 300 g/mol. The molecule has 4 fully saturated rings. The van der Waals surface area contributed by atoms with Gasteiger partial charge < -0.3 is 9.47 Å². The van der Waals surface area contributed by atoms with Crippen LogP contribution in [0.3, 0.4) is 0 Å². The van der Waals surface area contributed by atoms with Crippen molar-refractivity contribution in [2.24, 2.45) is 40.9 Å². The summed E-state index contributed by atoms with van der Waals surface area (Å²) in [6.07, 6.45) is 9.10. The molecule has 1 saturated heterocycles. The third kappa shape index (κ3) is 2.53. The standard InChI is InChI=1S/C21H34O3/c1-4-7-14-10-13(2)18-15-11-16(19(14)18)21(3,12-15)20(22)24-17-8-5-6-9-23-17/h13-19H,4-12H2,1-3H3. The van der Waals surface area contributed by atoms with E-state index in [2.05, 4.69) is 20.8 Å². The molecule has 8 unspecified atom stereocenters. The highest BCUT2D eigenvalue weighted by Crippen LogP contribution is 2.69. The third-order valence-corrected chi connectivity index (χ3v) is 7.89. The molecule has 2 bridgehead atoms. The summed E-state index contributed by atoms with van der Waals surface area (Å²) in [6.45, 7) is 7.70. The second-order valence-electron chi connectivity index (χ2n) is 9.34. The lowest BCUT2D eigenvalue weighted by Gasteiger charge is -2.41. The SMILES string of the molecule is CCCC1CC(C)C2C3CC(C12)C(C)(C(=O)OC1CCCCO1)C3. The van der Waals surface area contributed by atoms with E-state index in [1.54, 1.807) is 0 Å². The van der Waals surface area contributed by atoms with Crippen LogP contribution >= 0.6 is 0 Å². The fraction of sp³-hybridized carbons (Fsp3) is 0.952. The van der Waals surface area contributed by atoms with E-state index in [-0.39, 0.29) is 17.7 Å². The van der Waals surface area contributed by atoms with Crippen LogP contribution in [-0.4, -0.2) is 18.9 Å². The summed E-state index contributed by atoms with van der Waals surface area (Å²) in [7, 11) is 0. The molecule has 1 heterocycles. The molecule has 0 aromatic rings. The Hall–Kier alpha value is -0.570. The van der Waals surface area contributed by atoms with Gasteiger partial charge in [-0.2, -0.15) is 0 Å². The third-order valence-electron chi connectivity index (χ3n) is 7.89. The zero-order chi connectivity index (χ0) is 16.9. The molecule has 8 atom stereocenters. The Morgan fingerprint density at radius 2 is 2.08 bits per heavy atom. The van der Waals surface area contributed by atoms with Crippen LogP contribution in [0.2, 0.25) is 0 Å². The molecule has 1 aliphatic heterocycles. The lowest BCUT2D eigenvalue weighted by molar-refractivity contribution is -0.201. The number of esters is 1. The Morgan fingerprint density at radius 3 is 2.79 bits per heavy atom. The Kier molecular flexibility index (Phi) is 4.43. The minimum absolute atomic E-state index is 0.0372. The number of hydrogen-bond acceptors (Lipinski definition) is 3. The van der Waals surface area contributed by atoms with Gasteiger partial charge in [-0.05, 0) is 74.5 Å². The molecule has 0 aromatic carbocycles. The van der Waals surface area contributed by atoms with Crippen molar-refractivity contribution in [1.29, 1.82) is 0 Å². The van der Waals surface area contributed by atoms with Crippen molar-refractivity contribution in [2.45, 2.75) is 78.4 Å². The fourth-order valence-electron chi connectivity index (χ4n) is 7.08. The Balaban J connectivity index is 1.49. The molecule has 24 heavy (non-hydrogen) atoms. The number of hydrogen-bond donors (Lipinski definition) is 0. The van der Waals surface area contributed by atoms with Gasteiger partial charge in [0.2, 0.25) is 6.29 Å². The van der Waals surface area contributed by atoms with Gasteiger partial charge in [0.1, 0.15) is 0 Å². The predicted octanol–water partition coefficient (Wildman–Crippen LogP) is 4.79. The quantitative estimate of drug-likeness (QED) is 0.693. The molecule has 3 heteroatoms. The highest BCUT2D eigenvalue weighted by atomic mass is 16.7. The molecule has 0 amide bonds. The van der Waals surface area contributed by atoms with E-state index in [0.29, 0.717) is 5.92 Å². The number of carbonyl (C=O) groups excluding carboxylic acids is 1. The van der Waals surface area contributed by atoms with Crippen molar-refractivity contribution in [3.63, 3.8) is 0 Å². The minimum atomic E-state index is -0.285. The van der Waals surface area contributed by atoms with Crippen LogP contribution in [0.4, 0.5) is 0 Å². The summed E-state index contributed by atoms with van der Waals surface area (Å²) >= 11 is 0. The van der Waals surface area contributed by atoms with E-state index in [1.807, 2.05) is 0 Å². The zero-order valence-electron chi connectivity index (χ0n) is 15.6. The minimum Gasteiger partial charge on any atom is -0.435 e. The Labute approximate surface area is 146 Å². The maximum atomic E-state index is 13.1. The van der Waals surface area contributed by atoms with Crippen molar-refractivity contribution >= 4 is 5.97 Å². The number of rotatable bonds is 4. The first-order valence-electron chi connectivity index (χ1n) is 10.4. The first-order valence-corrected chi connectivity index (χ1v) is 10.4.